The van der Waals surface area contributed by atoms with Gasteiger partial charge in [-0.1, -0.05) is 46.3 Å². The van der Waals surface area contributed by atoms with E-state index in [4.69, 9.17) is 0 Å². The van der Waals surface area contributed by atoms with Gasteiger partial charge in [0, 0.05) is 5.69 Å². The molecule has 0 aliphatic carbocycles. The maximum Gasteiger partial charge on any atom is 0.262 e. The zero-order chi connectivity index (χ0) is 17.3. The SMILES string of the molecule is O=C1c2ccc(NS(=O)(=O)Cc3ccccc3)cc2C(=O)N1CBr. The number of alkyl halides is 1. The number of nitrogens with zero attached hydrogens (tertiary/aromatic N) is 1. The first-order chi connectivity index (χ1) is 11.4. The van der Waals surface area contributed by atoms with Crippen LogP contribution in [0.1, 0.15) is 26.3 Å². The summed E-state index contributed by atoms with van der Waals surface area (Å²) in [5.74, 6) is -1.02. The molecule has 0 spiro atoms. The van der Waals surface area contributed by atoms with Crippen LogP contribution in [0.3, 0.4) is 0 Å². The van der Waals surface area contributed by atoms with E-state index in [-0.39, 0.29) is 28.0 Å². The van der Waals surface area contributed by atoms with Gasteiger partial charge in [0.25, 0.3) is 11.8 Å². The average molecular weight is 409 g/mol. The molecule has 0 unspecified atom stereocenters. The summed E-state index contributed by atoms with van der Waals surface area (Å²) in [6.07, 6.45) is 0. The van der Waals surface area contributed by atoms with Crippen LogP contribution >= 0.6 is 15.9 Å². The first-order valence-corrected chi connectivity index (χ1v) is 9.79. The Hall–Kier alpha value is -2.19. The monoisotopic (exact) mass is 408 g/mol. The number of hydrogen-bond donors (Lipinski definition) is 1. The van der Waals surface area contributed by atoms with Gasteiger partial charge in [-0.15, -0.1) is 0 Å². The molecule has 1 heterocycles. The molecule has 1 aliphatic heterocycles. The fourth-order valence-electron chi connectivity index (χ4n) is 2.47. The number of hydrogen-bond acceptors (Lipinski definition) is 4. The lowest BCUT2D eigenvalue weighted by atomic mass is 10.1. The van der Waals surface area contributed by atoms with E-state index in [2.05, 4.69) is 20.7 Å². The Morgan fingerprint density at radius 2 is 1.62 bits per heavy atom. The van der Waals surface area contributed by atoms with E-state index in [1.807, 2.05) is 6.07 Å². The maximum absolute atomic E-state index is 12.3. The zero-order valence-electron chi connectivity index (χ0n) is 12.4. The summed E-state index contributed by atoms with van der Waals surface area (Å²) in [5.41, 5.74) is 1.46. The first-order valence-electron chi connectivity index (χ1n) is 7.02. The zero-order valence-corrected chi connectivity index (χ0v) is 14.8. The van der Waals surface area contributed by atoms with Crippen LogP contribution < -0.4 is 4.72 Å². The van der Waals surface area contributed by atoms with Gasteiger partial charge < -0.3 is 0 Å². The number of rotatable bonds is 5. The van der Waals surface area contributed by atoms with E-state index in [0.717, 1.165) is 4.90 Å². The Labute approximate surface area is 147 Å². The lowest BCUT2D eigenvalue weighted by Gasteiger charge is -2.09. The summed E-state index contributed by atoms with van der Waals surface area (Å²) in [7, 11) is -3.62. The minimum Gasteiger partial charge on any atom is -0.283 e. The van der Waals surface area contributed by atoms with Crippen molar-refractivity contribution in [1.82, 2.24) is 4.90 Å². The molecule has 1 N–H and O–H groups in total. The van der Waals surface area contributed by atoms with Crippen LogP contribution in [-0.4, -0.2) is 30.6 Å². The molecule has 2 aromatic rings. The molecular formula is C16H13BrN2O4S. The Morgan fingerprint density at radius 1 is 0.958 bits per heavy atom. The number of nitrogens with one attached hydrogen (secondary N) is 1. The number of benzene rings is 2. The van der Waals surface area contributed by atoms with Crippen molar-refractivity contribution in [2.24, 2.45) is 0 Å². The highest BCUT2D eigenvalue weighted by Crippen LogP contribution is 2.27. The molecule has 1 aliphatic rings. The van der Waals surface area contributed by atoms with Crippen LogP contribution in [0.5, 0.6) is 0 Å². The lowest BCUT2D eigenvalue weighted by Crippen LogP contribution is -2.27. The van der Waals surface area contributed by atoms with Gasteiger partial charge in [0.2, 0.25) is 10.0 Å². The molecule has 24 heavy (non-hydrogen) atoms. The standard InChI is InChI=1S/C16H13BrN2O4S/c17-10-19-15(20)13-7-6-12(8-14(13)16(19)21)18-24(22,23)9-11-4-2-1-3-5-11/h1-8,18H,9-10H2. The summed E-state index contributed by atoms with van der Waals surface area (Å²) < 4.78 is 27.0. The lowest BCUT2D eigenvalue weighted by molar-refractivity contribution is 0.0686. The molecule has 6 nitrogen and oxygen atoms in total. The third kappa shape index (κ3) is 3.20. The first kappa shape index (κ1) is 16.7. The van der Waals surface area contributed by atoms with Crippen molar-refractivity contribution in [2.75, 3.05) is 10.2 Å². The second kappa shape index (κ2) is 6.37. The highest BCUT2D eigenvalue weighted by Gasteiger charge is 2.35. The van der Waals surface area contributed by atoms with Crippen molar-refractivity contribution in [3.05, 3.63) is 65.2 Å². The largest absolute Gasteiger partial charge is 0.283 e. The fraction of sp³-hybridized carbons (Fsp3) is 0.125. The van der Waals surface area contributed by atoms with E-state index < -0.39 is 21.8 Å². The van der Waals surface area contributed by atoms with E-state index >= 15 is 0 Å². The van der Waals surface area contributed by atoms with Crippen LogP contribution in [-0.2, 0) is 15.8 Å². The van der Waals surface area contributed by atoms with E-state index in [1.165, 1.54) is 18.2 Å². The summed E-state index contributed by atoms with van der Waals surface area (Å²) >= 11 is 3.09. The average Bonchev–Trinajstić information content (AvgIpc) is 2.78. The van der Waals surface area contributed by atoms with Gasteiger partial charge in [-0.05, 0) is 23.8 Å². The number of carbonyl (C=O) groups is 2. The highest BCUT2D eigenvalue weighted by atomic mass is 79.9. The molecule has 0 atom stereocenters. The number of carbonyl (C=O) groups excluding carboxylic acids is 2. The van der Waals surface area contributed by atoms with Crippen LogP contribution in [0, 0.1) is 0 Å². The number of amides is 2. The Balaban J connectivity index is 1.84. The van der Waals surface area contributed by atoms with Crippen molar-refractivity contribution in [1.29, 1.82) is 0 Å². The van der Waals surface area contributed by atoms with Crippen LogP contribution in [0.2, 0.25) is 0 Å². The van der Waals surface area contributed by atoms with E-state index in [0.29, 0.717) is 5.56 Å². The Bertz CT molecular complexity index is 913. The molecule has 2 amide bonds. The molecule has 8 heteroatoms. The molecule has 0 saturated carbocycles. The molecule has 3 rings (SSSR count). The van der Waals surface area contributed by atoms with Gasteiger partial charge in [-0.2, -0.15) is 0 Å². The Morgan fingerprint density at radius 3 is 2.29 bits per heavy atom. The van der Waals surface area contributed by atoms with Crippen molar-refractivity contribution < 1.29 is 18.0 Å². The van der Waals surface area contributed by atoms with Crippen LogP contribution in [0.25, 0.3) is 0 Å². The predicted octanol–water partition coefficient (Wildman–Crippen LogP) is 2.58. The van der Waals surface area contributed by atoms with Gasteiger partial charge in [0.05, 0.1) is 22.3 Å². The third-order valence-corrected chi connectivity index (χ3v) is 5.32. The second-order valence-electron chi connectivity index (χ2n) is 5.26. The number of halogens is 1. The second-order valence-corrected chi connectivity index (χ2v) is 7.49. The summed E-state index contributed by atoms with van der Waals surface area (Å²) in [6.45, 7) is 0. The van der Waals surface area contributed by atoms with Gasteiger partial charge >= 0.3 is 0 Å². The van der Waals surface area contributed by atoms with Gasteiger partial charge in [-0.25, -0.2) is 8.42 Å². The predicted molar refractivity (Wildman–Crippen MR) is 93.4 cm³/mol. The van der Waals surface area contributed by atoms with E-state index in [9.17, 15) is 18.0 Å². The normalized spacial score (nSPS) is 14.0. The summed E-state index contributed by atoms with van der Waals surface area (Å²) in [4.78, 5) is 25.2. The molecule has 2 aromatic carbocycles. The van der Waals surface area contributed by atoms with Crippen molar-refractivity contribution >= 4 is 43.5 Å². The smallest absolute Gasteiger partial charge is 0.262 e. The maximum atomic E-state index is 12.3. The molecule has 124 valence electrons. The quantitative estimate of drug-likeness (QED) is 0.468. The molecular weight excluding hydrogens is 396 g/mol. The topological polar surface area (TPSA) is 83.5 Å². The van der Waals surface area contributed by atoms with Gasteiger partial charge in [0.1, 0.15) is 0 Å². The van der Waals surface area contributed by atoms with Crippen molar-refractivity contribution in [2.45, 2.75) is 5.75 Å². The summed E-state index contributed by atoms with van der Waals surface area (Å²) in [5, 5.41) is 0. The minimum absolute atomic E-state index is 0.0917. The van der Waals surface area contributed by atoms with Crippen molar-refractivity contribution in [3.63, 3.8) is 0 Å². The Kier molecular flexibility index (Phi) is 4.42. The summed E-state index contributed by atoms with van der Waals surface area (Å²) in [6, 6.07) is 13.1. The molecule has 0 saturated heterocycles. The van der Waals surface area contributed by atoms with Crippen LogP contribution in [0.15, 0.2) is 48.5 Å². The molecule has 0 fully saturated rings. The molecule has 0 radical (unpaired) electrons. The van der Waals surface area contributed by atoms with E-state index in [1.54, 1.807) is 24.3 Å². The fourth-order valence-corrected chi connectivity index (χ4v) is 4.12. The minimum atomic E-state index is -3.62. The number of anilines is 1. The van der Waals surface area contributed by atoms with Gasteiger partial charge in [0.15, 0.2) is 0 Å². The molecule has 0 bridgehead atoms. The number of imide groups is 1. The molecule has 0 aromatic heterocycles. The number of sulfonamides is 1. The number of fused-ring (bicyclic) bond motifs is 1. The van der Waals surface area contributed by atoms with Crippen LogP contribution in [0.4, 0.5) is 5.69 Å². The van der Waals surface area contributed by atoms with Gasteiger partial charge in [-0.3, -0.25) is 19.2 Å². The third-order valence-electron chi connectivity index (χ3n) is 3.56. The highest BCUT2D eigenvalue weighted by molar-refractivity contribution is 9.09. The van der Waals surface area contributed by atoms with Crippen molar-refractivity contribution in [3.8, 4) is 0 Å².